The fourth-order valence-corrected chi connectivity index (χ4v) is 2.06. The first-order chi connectivity index (χ1) is 11.3. The van der Waals surface area contributed by atoms with Crippen LogP contribution < -0.4 is 5.32 Å². The molecule has 1 aromatic carbocycles. The molecular formula is C15H19ClN6O2. The summed E-state index contributed by atoms with van der Waals surface area (Å²) < 4.78 is 0. The number of aromatic nitrogens is 4. The lowest BCUT2D eigenvalue weighted by Crippen LogP contribution is -2.42. The van der Waals surface area contributed by atoms with Gasteiger partial charge in [0.25, 0.3) is 0 Å². The summed E-state index contributed by atoms with van der Waals surface area (Å²) in [4.78, 5) is 26.3. The molecule has 0 fully saturated rings. The number of tetrazole rings is 1. The molecule has 0 bridgehead atoms. The Kier molecular flexibility index (Phi) is 5.86. The molecule has 1 aromatic heterocycles. The zero-order valence-corrected chi connectivity index (χ0v) is 14.5. The van der Waals surface area contributed by atoms with Gasteiger partial charge >= 0.3 is 0 Å². The number of amides is 2. The molecule has 9 heteroatoms. The first-order valence-corrected chi connectivity index (χ1v) is 7.80. The van der Waals surface area contributed by atoms with Gasteiger partial charge in [0.2, 0.25) is 17.6 Å². The summed E-state index contributed by atoms with van der Waals surface area (Å²) in [6.45, 7) is 3.61. The van der Waals surface area contributed by atoms with E-state index in [4.69, 9.17) is 11.6 Å². The lowest BCUT2D eigenvalue weighted by atomic mass is 10.2. The average Bonchev–Trinajstić information content (AvgIpc) is 2.95. The molecule has 2 rings (SSSR count). The van der Waals surface area contributed by atoms with Crippen LogP contribution in [0.2, 0.25) is 5.02 Å². The van der Waals surface area contributed by atoms with E-state index in [0.29, 0.717) is 10.8 Å². The first-order valence-electron chi connectivity index (χ1n) is 7.42. The zero-order valence-electron chi connectivity index (χ0n) is 13.7. The maximum Gasteiger partial charge on any atom is 0.246 e. The van der Waals surface area contributed by atoms with Crippen molar-refractivity contribution >= 4 is 23.4 Å². The Hall–Kier alpha value is -2.48. The molecule has 0 saturated heterocycles. The van der Waals surface area contributed by atoms with Gasteiger partial charge in [0.05, 0.1) is 6.54 Å². The number of rotatable bonds is 6. The van der Waals surface area contributed by atoms with Crippen LogP contribution in [0.15, 0.2) is 24.3 Å². The van der Waals surface area contributed by atoms with Crippen LogP contribution in [0, 0.1) is 0 Å². The molecule has 1 heterocycles. The molecule has 2 aromatic rings. The van der Waals surface area contributed by atoms with Crippen molar-refractivity contribution in [3.05, 3.63) is 29.3 Å². The third-order valence-corrected chi connectivity index (χ3v) is 3.34. The van der Waals surface area contributed by atoms with Gasteiger partial charge in [-0.25, -0.2) is 0 Å². The van der Waals surface area contributed by atoms with E-state index in [2.05, 4.69) is 20.7 Å². The summed E-state index contributed by atoms with van der Waals surface area (Å²) >= 11 is 5.84. The maximum absolute atomic E-state index is 12.1. The maximum atomic E-state index is 12.1. The quantitative estimate of drug-likeness (QED) is 0.838. The van der Waals surface area contributed by atoms with E-state index in [1.807, 2.05) is 13.8 Å². The molecule has 24 heavy (non-hydrogen) atoms. The summed E-state index contributed by atoms with van der Waals surface area (Å²) in [5, 5.41) is 15.3. The largest absolute Gasteiger partial charge is 0.352 e. The number of carbonyl (C=O) groups excluding carboxylic acids is 2. The molecule has 0 unspecified atom stereocenters. The average molecular weight is 351 g/mol. The molecule has 128 valence electrons. The van der Waals surface area contributed by atoms with Crippen LogP contribution >= 0.6 is 11.6 Å². The number of carbonyl (C=O) groups is 2. The highest BCUT2D eigenvalue weighted by Gasteiger charge is 2.16. The van der Waals surface area contributed by atoms with Crippen molar-refractivity contribution in [3.8, 4) is 11.4 Å². The second kappa shape index (κ2) is 7.87. The van der Waals surface area contributed by atoms with Crippen molar-refractivity contribution in [2.75, 3.05) is 13.6 Å². The molecule has 8 nitrogen and oxygen atoms in total. The summed E-state index contributed by atoms with van der Waals surface area (Å²) in [6, 6.07) is 7.02. The van der Waals surface area contributed by atoms with Crippen molar-refractivity contribution in [3.63, 3.8) is 0 Å². The van der Waals surface area contributed by atoms with Crippen molar-refractivity contribution in [1.82, 2.24) is 30.4 Å². The number of benzene rings is 1. The molecule has 0 radical (unpaired) electrons. The molecule has 0 aliphatic heterocycles. The van der Waals surface area contributed by atoms with E-state index < -0.39 is 0 Å². The lowest BCUT2D eigenvalue weighted by molar-refractivity contribution is -0.135. The van der Waals surface area contributed by atoms with Gasteiger partial charge in [0.15, 0.2) is 0 Å². The van der Waals surface area contributed by atoms with Crippen molar-refractivity contribution in [2.45, 2.75) is 26.4 Å². The van der Waals surface area contributed by atoms with Gasteiger partial charge in [-0.2, -0.15) is 4.80 Å². The Balaban J connectivity index is 1.95. The molecule has 1 N–H and O–H groups in total. The zero-order chi connectivity index (χ0) is 17.7. The molecule has 0 aliphatic carbocycles. The normalized spacial score (nSPS) is 10.7. The number of halogens is 1. The minimum Gasteiger partial charge on any atom is -0.352 e. The predicted octanol–water partition coefficient (Wildman–Crippen LogP) is 0.976. The van der Waals surface area contributed by atoms with Crippen LogP contribution in [0.4, 0.5) is 0 Å². The van der Waals surface area contributed by atoms with Crippen LogP contribution in [-0.4, -0.2) is 56.6 Å². The van der Waals surface area contributed by atoms with Crippen LogP contribution in [0.5, 0.6) is 0 Å². The van der Waals surface area contributed by atoms with E-state index in [-0.39, 0.29) is 30.9 Å². The van der Waals surface area contributed by atoms with Gasteiger partial charge in [-0.05, 0) is 43.3 Å². The Morgan fingerprint density at radius 1 is 1.29 bits per heavy atom. The Morgan fingerprint density at radius 2 is 1.96 bits per heavy atom. The van der Waals surface area contributed by atoms with Gasteiger partial charge in [-0.1, -0.05) is 11.6 Å². The summed E-state index contributed by atoms with van der Waals surface area (Å²) in [5.41, 5.74) is 0.753. The monoisotopic (exact) mass is 350 g/mol. The molecule has 0 atom stereocenters. The molecule has 0 spiro atoms. The Bertz CT molecular complexity index is 713. The van der Waals surface area contributed by atoms with Crippen LogP contribution in [-0.2, 0) is 16.1 Å². The highest BCUT2D eigenvalue weighted by atomic mass is 35.5. The molecule has 0 aliphatic rings. The van der Waals surface area contributed by atoms with Crippen LogP contribution in [0.3, 0.4) is 0 Å². The second-order valence-corrected chi connectivity index (χ2v) is 6.06. The number of nitrogens with one attached hydrogen (secondary N) is 1. The smallest absolute Gasteiger partial charge is 0.246 e. The van der Waals surface area contributed by atoms with Crippen molar-refractivity contribution in [2.24, 2.45) is 0 Å². The summed E-state index contributed by atoms with van der Waals surface area (Å²) in [6.07, 6.45) is 0. The van der Waals surface area contributed by atoms with Gasteiger partial charge in [-0.3, -0.25) is 9.59 Å². The predicted molar refractivity (Wildman–Crippen MR) is 89.2 cm³/mol. The van der Waals surface area contributed by atoms with E-state index in [9.17, 15) is 9.59 Å². The van der Waals surface area contributed by atoms with Gasteiger partial charge < -0.3 is 10.2 Å². The van der Waals surface area contributed by atoms with E-state index in [0.717, 1.165) is 5.56 Å². The van der Waals surface area contributed by atoms with Crippen molar-refractivity contribution in [1.29, 1.82) is 0 Å². The summed E-state index contributed by atoms with van der Waals surface area (Å²) in [5.74, 6) is -0.0946. The molecular weight excluding hydrogens is 332 g/mol. The Morgan fingerprint density at radius 3 is 2.58 bits per heavy atom. The highest BCUT2D eigenvalue weighted by Crippen LogP contribution is 2.16. The number of hydrogen-bond donors (Lipinski definition) is 1. The molecule has 2 amide bonds. The minimum atomic E-state index is -0.283. The topological polar surface area (TPSA) is 93.0 Å². The van der Waals surface area contributed by atoms with Gasteiger partial charge in [0.1, 0.15) is 6.54 Å². The number of likely N-dealkylation sites (N-methyl/N-ethyl adjacent to an activating group) is 1. The number of nitrogens with zero attached hydrogens (tertiary/aromatic N) is 5. The summed E-state index contributed by atoms with van der Waals surface area (Å²) in [7, 11) is 1.55. The first kappa shape index (κ1) is 17.9. The van der Waals surface area contributed by atoms with E-state index in [1.165, 1.54) is 9.70 Å². The Labute approximate surface area is 144 Å². The second-order valence-electron chi connectivity index (χ2n) is 5.62. The SMILES string of the molecule is CC(C)NC(=O)CN(C)C(=O)Cn1nnc(-c2ccc(Cl)cc2)n1. The minimum absolute atomic E-state index is 0.0181. The van der Waals surface area contributed by atoms with Crippen molar-refractivity contribution < 1.29 is 9.59 Å². The highest BCUT2D eigenvalue weighted by molar-refractivity contribution is 6.30. The fourth-order valence-electron chi connectivity index (χ4n) is 1.94. The third kappa shape index (κ3) is 5.02. The van der Waals surface area contributed by atoms with Crippen LogP contribution in [0.25, 0.3) is 11.4 Å². The standard InChI is InChI=1S/C15H19ClN6O2/c1-10(2)17-13(23)8-21(3)14(24)9-22-19-15(18-20-22)11-4-6-12(16)7-5-11/h4-7,10H,8-9H2,1-3H3,(H,17,23). The van der Waals surface area contributed by atoms with E-state index >= 15 is 0 Å². The third-order valence-electron chi connectivity index (χ3n) is 3.09. The fraction of sp³-hybridized carbons (Fsp3) is 0.400. The molecule has 0 saturated carbocycles. The lowest BCUT2D eigenvalue weighted by Gasteiger charge is -2.17. The van der Waals surface area contributed by atoms with Gasteiger partial charge in [0, 0.05) is 23.7 Å². The van der Waals surface area contributed by atoms with Crippen LogP contribution in [0.1, 0.15) is 13.8 Å². The number of hydrogen-bond acceptors (Lipinski definition) is 5. The van der Waals surface area contributed by atoms with Gasteiger partial charge in [-0.15, -0.1) is 10.2 Å². The van der Waals surface area contributed by atoms with E-state index in [1.54, 1.807) is 31.3 Å².